The van der Waals surface area contributed by atoms with E-state index in [0.717, 1.165) is 16.5 Å². The number of rotatable bonds is 8. The van der Waals surface area contributed by atoms with Gasteiger partial charge in [0.1, 0.15) is 24.1 Å². The summed E-state index contributed by atoms with van der Waals surface area (Å²) in [4.78, 5) is 45.8. The predicted octanol–water partition coefficient (Wildman–Crippen LogP) is 3.85. The Labute approximate surface area is 250 Å². The zero-order chi connectivity index (χ0) is 31.4. The fourth-order valence-corrected chi connectivity index (χ4v) is 5.81. The summed E-state index contributed by atoms with van der Waals surface area (Å²) in [6.45, 7) is 13.7. The zero-order valence-corrected chi connectivity index (χ0v) is 25.9. The Balaban J connectivity index is 1.56. The summed E-state index contributed by atoms with van der Waals surface area (Å²) in [5.41, 5.74) is 1.80. The molecule has 2 aliphatic rings. The number of pyridine rings is 2. The third-order valence-electron chi connectivity index (χ3n) is 7.99. The van der Waals surface area contributed by atoms with Crippen LogP contribution in [-0.4, -0.2) is 63.8 Å². The van der Waals surface area contributed by atoms with Crippen LogP contribution in [0, 0.1) is 0 Å². The van der Waals surface area contributed by atoms with Crippen LogP contribution < -0.4 is 10.3 Å². The van der Waals surface area contributed by atoms with Crippen molar-refractivity contribution in [3.8, 4) is 17.1 Å². The number of cyclic esters (lactones) is 1. The molecule has 0 saturated carbocycles. The number of aliphatic hydroxyl groups is 1. The molecule has 1 unspecified atom stereocenters. The summed E-state index contributed by atoms with van der Waals surface area (Å²) in [6, 6.07) is 7.28. The number of hydrogen-bond acceptors (Lipinski definition) is 9. The quantitative estimate of drug-likeness (QED) is 0.241. The van der Waals surface area contributed by atoms with E-state index < -0.39 is 29.2 Å². The van der Waals surface area contributed by atoms with Crippen molar-refractivity contribution in [2.24, 2.45) is 0 Å². The van der Waals surface area contributed by atoms with Crippen LogP contribution in [0.4, 0.5) is 0 Å². The van der Waals surface area contributed by atoms with Crippen LogP contribution in [0.25, 0.3) is 22.3 Å². The minimum absolute atomic E-state index is 0.0812. The molecule has 0 saturated heterocycles. The smallest absolute Gasteiger partial charge is 0.343 e. The van der Waals surface area contributed by atoms with Gasteiger partial charge in [-0.15, -0.1) is 0 Å². The summed E-state index contributed by atoms with van der Waals surface area (Å²) in [6.07, 6.45) is 0.100. The number of esters is 2. The summed E-state index contributed by atoms with van der Waals surface area (Å²) in [5, 5.41) is 12.0. The molecule has 43 heavy (non-hydrogen) atoms. The maximum atomic E-state index is 13.6. The zero-order valence-electron chi connectivity index (χ0n) is 25.9. The summed E-state index contributed by atoms with van der Waals surface area (Å²) < 4.78 is 18.7. The number of carbonyl (C=O) groups is 2. The second-order valence-corrected chi connectivity index (χ2v) is 12.4. The third kappa shape index (κ3) is 5.34. The molecular weight excluding hydrogens is 550 g/mol. The molecule has 0 amide bonds. The van der Waals surface area contributed by atoms with Crippen LogP contribution in [0.2, 0.25) is 0 Å². The Morgan fingerprint density at radius 3 is 2.56 bits per heavy atom. The van der Waals surface area contributed by atoms with E-state index in [2.05, 4.69) is 6.58 Å². The van der Waals surface area contributed by atoms with Crippen molar-refractivity contribution >= 4 is 22.8 Å². The van der Waals surface area contributed by atoms with E-state index in [1.807, 2.05) is 38.1 Å². The van der Waals surface area contributed by atoms with Crippen LogP contribution in [0.15, 0.2) is 41.2 Å². The van der Waals surface area contributed by atoms with Gasteiger partial charge in [-0.1, -0.05) is 20.4 Å². The van der Waals surface area contributed by atoms with Gasteiger partial charge in [0.2, 0.25) is 0 Å². The number of likely N-dealkylation sites (N-methyl/N-ethyl adjacent to an activating group) is 1. The highest BCUT2D eigenvalue weighted by molar-refractivity contribution is 5.91. The lowest BCUT2D eigenvalue weighted by Gasteiger charge is -2.31. The number of carbonyl (C=O) groups excluding carboxylic acids is 2. The first kappa shape index (κ1) is 30.4. The summed E-state index contributed by atoms with van der Waals surface area (Å²) in [7, 11) is 3.78. The molecule has 0 bridgehead atoms. The topological polar surface area (TPSA) is 120 Å². The molecule has 2 aliphatic heterocycles. The fraction of sp³-hybridized carbons (Fsp3) is 0.455. The Morgan fingerprint density at radius 1 is 1.21 bits per heavy atom. The lowest BCUT2D eigenvalue weighted by atomic mass is 9.86. The molecule has 10 heteroatoms. The highest BCUT2D eigenvalue weighted by Gasteiger charge is 2.45. The van der Waals surface area contributed by atoms with Gasteiger partial charge in [0, 0.05) is 23.1 Å². The SMILES string of the molecule is C=C(C(=O)OC(C)(C)C)C(CN(C)C)Oc1ccc2nc3c(c(CC)c2c1)Cn1c-3cc2c(c1=O)COC(=O)[C@]2(O)CC. The monoisotopic (exact) mass is 589 g/mol. The van der Waals surface area contributed by atoms with Gasteiger partial charge in [-0.05, 0) is 77.5 Å². The second-order valence-electron chi connectivity index (χ2n) is 12.4. The molecule has 4 heterocycles. The van der Waals surface area contributed by atoms with E-state index in [4.69, 9.17) is 19.2 Å². The fourth-order valence-electron chi connectivity index (χ4n) is 5.81. The normalized spacial score (nSPS) is 18.1. The first-order valence-electron chi connectivity index (χ1n) is 14.5. The van der Waals surface area contributed by atoms with Gasteiger partial charge < -0.3 is 28.8 Å². The number of aryl methyl sites for hydroxylation is 1. The standard InChI is InChI=1S/C33H39N3O7/c1-9-20-21-13-19(42-27(16-35(7)8)18(3)30(38)43-32(4,5)6)11-12-25(21)34-28-22(20)15-36-26(28)14-24-23(29(36)37)17-41-31(39)33(24,40)10-2/h11-14,27,40H,3,9-10,15-17H2,1-2,4-8H3/t27?,33-/m0/s1. The van der Waals surface area contributed by atoms with E-state index in [0.29, 0.717) is 42.2 Å². The molecule has 2 aromatic heterocycles. The van der Waals surface area contributed by atoms with Crippen molar-refractivity contribution in [2.75, 3.05) is 20.6 Å². The first-order valence-corrected chi connectivity index (χ1v) is 14.5. The van der Waals surface area contributed by atoms with Crippen molar-refractivity contribution in [3.05, 3.63) is 69.0 Å². The Kier molecular flexibility index (Phi) is 7.73. The van der Waals surface area contributed by atoms with Gasteiger partial charge in [-0.2, -0.15) is 0 Å². The molecular formula is C33H39N3O7. The lowest BCUT2D eigenvalue weighted by molar-refractivity contribution is -0.172. The molecule has 0 fully saturated rings. The number of benzene rings is 1. The van der Waals surface area contributed by atoms with Crippen LogP contribution in [0.5, 0.6) is 5.75 Å². The van der Waals surface area contributed by atoms with Gasteiger partial charge in [-0.3, -0.25) is 4.79 Å². The van der Waals surface area contributed by atoms with Crippen molar-refractivity contribution in [2.45, 2.75) is 77.9 Å². The molecule has 10 nitrogen and oxygen atoms in total. The van der Waals surface area contributed by atoms with Crippen molar-refractivity contribution in [3.63, 3.8) is 0 Å². The highest BCUT2D eigenvalue weighted by atomic mass is 16.6. The average Bonchev–Trinajstić information content (AvgIpc) is 3.30. The Hall–Kier alpha value is -4.02. The molecule has 2 atom stereocenters. The number of hydrogen-bond donors (Lipinski definition) is 1. The number of aromatic nitrogens is 2. The minimum atomic E-state index is -1.88. The average molecular weight is 590 g/mol. The van der Waals surface area contributed by atoms with Gasteiger partial charge in [-0.25, -0.2) is 14.6 Å². The van der Waals surface area contributed by atoms with Gasteiger partial charge in [0.15, 0.2) is 5.60 Å². The molecule has 228 valence electrons. The van der Waals surface area contributed by atoms with E-state index >= 15 is 0 Å². The van der Waals surface area contributed by atoms with E-state index in [1.54, 1.807) is 44.4 Å². The Bertz CT molecular complexity index is 1720. The summed E-state index contributed by atoms with van der Waals surface area (Å²) in [5.74, 6) is -0.714. The number of nitrogens with zero attached hydrogens (tertiary/aromatic N) is 3. The lowest BCUT2D eigenvalue weighted by Crippen LogP contribution is -2.44. The van der Waals surface area contributed by atoms with Gasteiger partial charge >= 0.3 is 11.9 Å². The molecule has 0 aliphatic carbocycles. The first-order chi connectivity index (χ1) is 20.2. The molecule has 0 radical (unpaired) electrons. The van der Waals surface area contributed by atoms with Crippen molar-refractivity contribution in [1.82, 2.24) is 14.5 Å². The van der Waals surface area contributed by atoms with Crippen LogP contribution in [-0.2, 0) is 44.2 Å². The van der Waals surface area contributed by atoms with Crippen LogP contribution in [0.3, 0.4) is 0 Å². The number of fused-ring (bicyclic) bond motifs is 5. The van der Waals surface area contributed by atoms with E-state index in [9.17, 15) is 19.5 Å². The molecule has 1 N–H and O–H groups in total. The van der Waals surface area contributed by atoms with Gasteiger partial charge in [0.25, 0.3) is 5.56 Å². The van der Waals surface area contributed by atoms with Gasteiger partial charge in [0.05, 0.1) is 34.6 Å². The maximum absolute atomic E-state index is 13.6. The Morgan fingerprint density at radius 2 is 1.93 bits per heavy atom. The maximum Gasteiger partial charge on any atom is 0.343 e. The molecule has 1 aromatic carbocycles. The third-order valence-corrected chi connectivity index (χ3v) is 7.99. The molecule has 5 rings (SSSR count). The van der Waals surface area contributed by atoms with Crippen LogP contribution >= 0.6 is 0 Å². The molecule has 0 spiro atoms. The van der Waals surface area contributed by atoms with Crippen LogP contribution in [0.1, 0.15) is 63.3 Å². The van der Waals surface area contributed by atoms with E-state index in [-0.39, 0.29) is 35.3 Å². The van der Waals surface area contributed by atoms with Crippen molar-refractivity contribution in [1.29, 1.82) is 0 Å². The molecule has 3 aromatic rings. The minimum Gasteiger partial charge on any atom is -0.484 e. The van der Waals surface area contributed by atoms with Crippen molar-refractivity contribution < 1.29 is 28.9 Å². The predicted molar refractivity (Wildman–Crippen MR) is 162 cm³/mol. The second kappa shape index (κ2) is 10.9. The van der Waals surface area contributed by atoms with E-state index in [1.165, 1.54) is 0 Å². The summed E-state index contributed by atoms with van der Waals surface area (Å²) >= 11 is 0. The highest BCUT2D eigenvalue weighted by Crippen LogP contribution is 2.41. The largest absolute Gasteiger partial charge is 0.484 e. The number of ether oxygens (including phenoxy) is 3.